The number of hydrogen-bond acceptors (Lipinski definition) is 8. The third-order valence-electron chi connectivity index (χ3n) is 5.15. The van der Waals surface area contributed by atoms with Gasteiger partial charge in [-0.25, -0.2) is 4.98 Å². The lowest BCUT2D eigenvalue weighted by molar-refractivity contribution is 0.101. The molecule has 1 amide bonds. The summed E-state index contributed by atoms with van der Waals surface area (Å²) < 4.78 is 5.28. The number of rotatable bonds is 6. The van der Waals surface area contributed by atoms with Crippen LogP contribution in [0.25, 0.3) is 10.6 Å². The van der Waals surface area contributed by atoms with Crippen LogP contribution >= 0.6 is 11.3 Å². The SMILES string of the molecule is Cc1cc(Nc2ccc(NC(=O)c3cc(-c4cccs4)on3)cc2)nc(N2CCCC2)n1. The number of aryl methyl sites for hydroxylation is 1. The van der Waals surface area contributed by atoms with Gasteiger partial charge in [-0.2, -0.15) is 4.98 Å². The van der Waals surface area contributed by atoms with Crippen LogP contribution in [-0.2, 0) is 0 Å². The van der Waals surface area contributed by atoms with Gasteiger partial charge in [0.05, 0.1) is 4.88 Å². The van der Waals surface area contributed by atoms with Crippen molar-refractivity contribution in [1.29, 1.82) is 0 Å². The molecule has 5 rings (SSSR count). The molecule has 32 heavy (non-hydrogen) atoms. The van der Waals surface area contributed by atoms with Crippen molar-refractivity contribution in [1.82, 2.24) is 15.1 Å². The molecular weight excluding hydrogens is 424 g/mol. The van der Waals surface area contributed by atoms with Crippen molar-refractivity contribution in [3.63, 3.8) is 0 Å². The summed E-state index contributed by atoms with van der Waals surface area (Å²) in [6, 6.07) is 14.9. The highest BCUT2D eigenvalue weighted by atomic mass is 32.1. The predicted octanol–water partition coefficient (Wildman–Crippen LogP) is 5.10. The molecule has 0 saturated carbocycles. The second-order valence-electron chi connectivity index (χ2n) is 7.60. The summed E-state index contributed by atoms with van der Waals surface area (Å²) in [6.45, 7) is 3.97. The number of carbonyl (C=O) groups is 1. The zero-order valence-electron chi connectivity index (χ0n) is 17.5. The standard InChI is InChI=1S/C23H22N6O2S/c1-15-13-21(27-23(24-15)29-10-2-3-11-29)25-16-6-8-17(9-7-16)26-22(30)18-14-19(31-28-18)20-5-4-12-32-20/h4-9,12-14H,2-3,10-11H2,1H3,(H,26,30)(H,24,25,27). The van der Waals surface area contributed by atoms with E-state index in [2.05, 4.69) is 30.7 Å². The van der Waals surface area contributed by atoms with E-state index in [4.69, 9.17) is 4.52 Å². The van der Waals surface area contributed by atoms with Crippen LogP contribution in [0.5, 0.6) is 0 Å². The van der Waals surface area contributed by atoms with Crippen LogP contribution in [0.3, 0.4) is 0 Å². The first kappa shape index (κ1) is 20.2. The summed E-state index contributed by atoms with van der Waals surface area (Å²) in [4.78, 5) is 24.9. The van der Waals surface area contributed by atoms with Gasteiger partial charge in [-0.15, -0.1) is 11.3 Å². The molecule has 1 saturated heterocycles. The molecule has 0 atom stereocenters. The number of anilines is 4. The van der Waals surface area contributed by atoms with E-state index in [0.29, 0.717) is 11.4 Å². The normalized spacial score (nSPS) is 13.3. The van der Waals surface area contributed by atoms with Crippen molar-refractivity contribution in [2.24, 2.45) is 0 Å². The van der Waals surface area contributed by atoms with Crippen LogP contribution in [0.4, 0.5) is 23.1 Å². The Morgan fingerprint density at radius 3 is 2.59 bits per heavy atom. The summed E-state index contributed by atoms with van der Waals surface area (Å²) in [5, 5.41) is 12.0. The molecule has 9 heteroatoms. The maximum atomic E-state index is 12.5. The molecule has 1 fully saturated rings. The maximum Gasteiger partial charge on any atom is 0.277 e. The monoisotopic (exact) mass is 446 g/mol. The lowest BCUT2D eigenvalue weighted by Gasteiger charge is -2.17. The van der Waals surface area contributed by atoms with Crippen molar-refractivity contribution >= 4 is 40.4 Å². The van der Waals surface area contributed by atoms with Gasteiger partial charge in [0.15, 0.2) is 11.5 Å². The van der Waals surface area contributed by atoms with Crippen LogP contribution in [-0.4, -0.2) is 34.1 Å². The molecule has 0 radical (unpaired) electrons. The maximum absolute atomic E-state index is 12.5. The van der Waals surface area contributed by atoms with Gasteiger partial charge >= 0.3 is 0 Å². The van der Waals surface area contributed by atoms with Crippen LogP contribution in [0.15, 0.2) is 58.4 Å². The number of nitrogens with zero attached hydrogens (tertiary/aromatic N) is 4. The van der Waals surface area contributed by atoms with Gasteiger partial charge in [-0.1, -0.05) is 11.2 Å². The van der Waals surface area contributed by atoms with Gasteiger partial charge in [0.25, 0.3) is 5.91 Å². The van der Waals surface area contributed by atoms with Crippen molar-refractivity contribution in [3.8, 4) is 10.6 Å². The van der Waals surface area contributed by atoms with E-state index in [0.717, 1.165) is 41.1 Å². The number of carbonyl (C=O) groups excluding carboxylic acids is 1. The summed E-state index contributed by atoms with van der Waals surface area (Å²) >= 11 is 1.53. The molecule has 4 heterocycles. The first-order valence-electron chi connectivity index (χ1n) is 10.4. The Balaban J connectivity index is 1.24. The van der Waals surface area contributed by atoms with E-state index in [-0.39, 0.29) is 11.6 Å². The molecular formula is C23H22N6O2S. The fourth-order valence-corrected chi connectivity index (χ4v) is 4.25. The van der Waals surface area contributed by atoms with Gasteiger partial charge in [0.2, 0.25) is 5.95 Å². The smallest absolute Gasteiger partial charge is 0.277 e. The first-order valence-corrected chi connectivity index (χ1v) is 11.3. The fraction of sp³-hybridized carbons (Fsp3) is 0.217. The van der Waals surface area contributed by atoms with Crippen molar-refractivity contribution in [3.05, 3.63) is 65.3 Å². The Labute approximate surface area is 189 Å². The highest BCUT2D eigenvalue weighted by Gasteiger charge is 2.17. The quantitative estimate of drug-likeness (QED) is 0.425. The summed E-state index contributed by atoms with van der Waals surface area (Å²) in [6.07, 6.45) is 2.36. The van der Waals surface area contributed by atoms with E-state index in [1.165, 1.54) is 24.2 Å². The summed E-state index contributed by atoms with van der Waals surface area (Å²) in [7, 11) is 0. The van der Waals surface area contributed by atoms with Crippen LogP contribution in [0.2, 0.25) is 0 Å². The van der Waals surface area contributed by atoms with Gasteiger partial charge in [-0.05, 0) is 55.5 Å². The fourth-order valence-electron chi connectivity index (χ4n) is 3.57. The lowest BCUT2D eigenvalue weighted by Crippen LogP contribution is -2.21. The molecule has 3 aromatic heterocycles. The lowest BCUT2D eigenvalue weighted by atomic mass is 10.2. The van der Waals surface area contributed by atoms with Gasteiger partial charge in [0, 0.05) is 42.3 Å². The molecule has 0 spiro atoms. The molecule has 0 aliphatic carbocycles. The Bertz CT molecular complexity index is 1210. The van der Waals surface area contributed by atoms with Gasteiger partial charge < -0.3 is 20.1 Å². The molecule has 8 nitrogen and oxygen atoms in total. The summed E-state index contributed by atoms with van der Waals surface area (Å²) in [5.74, 6) is 1.78. The highest BCUT2D eigenvalue weighted by molar-refractivity contribution is 7.13. The third-order valence-corrected chi connectivity index (χ3v) is 6.04. The van der Waals surface area contributed by atoms with E-state index in [9.17, 15) is 4.79 Å². The zero-order valence-corrected chi connectivity index (χ0v) is 18.4. The molecule has 0 unspecified atom stereocenters. The number of amides is 1. The summed E-state index contributed by atoms with van der Waals surface area (Å²) in [5.41, 5.74) is 2.69. The third kappa shape index (κ3) is 4.47. The van der Waals surface area contributed by atoms with Crippen LogP contribution in [0, 0.1) is 6.92 Å². The topological polar surface area (TPSA) is 96.2 Å². The molecule has 1 aromatic carbocycles. The number of thiophene rings is 1. The van der Waals surface area contributed by atoms with E-state index in [1.807, 2.05) is 54.8 Å². The molecule has 162 valence electrons. The molecule has 4 aromatic rings. The number of hydrogen-bond donors (Lipinski definition) is 2. The van der Waals surface area contributed by atoms with E-state index < -0.39 is 0 Å². The Kier molecular flexibility index (Phi) is 5.55. The Morgan fingerprint density at radius 1 is 1.06 bits per heavy atom. The van der Waals surface area contributed by atoms with E-state index in [1.54, 1.807) is 6.07 Å². The van der Waals surface area contributed by atoms with Gasteiger partial charge in [-0.3, -0.25) is 4.79 Å². The Hall–Kier alpha value is -3.72. The minimum Gasteiger partial charge on any atom is -0.355 e. The first-order chi connectivity index (χ1) is 15.6. The van der Waals surface area contributed by atoms with Crippen LogP contribution in [0.1, 0.15) is 29.0 Å². The average Bonchev–Trinajstić information content (AvgIpc) is 3.57. The second-order valence-corrected chi connectivity index (χ2v) is 8.55. The zero-order chi connectivity index (χ0) is 21.9. The molecule has 1 aliphatic rings. The number of aromatic nitrogens is 3. The minimum atomic E-state index is -0.320. The average molecular weight is 447 g/mol. The van der Waals surface area contributed by atoms with Crippen molar-refractivity contribution in [2.45, 2.75) is 19.8 Å². The number of nitrogens with one attached hydrogen (secondary N) is 2. The molecule has 2 N–H and O–H groups in total. The molecule has 0 bridgehead atoms. The largest absolute Gasteiger partial charge is 0.355 e. The van der Waals surface area contributed by atoms with Crippen LogP contribution < -0.4 is 15.5 Å². The second kappa shape index (κ2) is 8.80. The molecule has 1 aliphatic heterocycles. The van der Waals surface area contributed by atoms with Crippen molar-refractivity contribution in [2.75, 3.05) is 28.6 Å². The van der Waals surface area contributed by atoms with E-state index >= 15 is 0 Å². The van der Waals surface area contributed by atoms with Crippen molar-refractivity contribution < 1.29 is 9.32 Å². The number of benzene rings is 1. The Morgan fingerprint density at radius 2 is 1.84 bits per heavy atom. The highest BCUT2D eigenvalue weighted by Crippen LogP contribution is 2.26. The minimum absolute atomic E-state index is 0.238. The van der Waals surface area contributed by atoms with Gasteiger partial charge in [0.1, 0.15) is 5.82 Å². The predicted molar refractivity (Wildman–Crippen MR) is 126 cm³/mol.